The van der Waals surface area contributed by atoms with E-state index in [0.29, 0.717) is 5.92 Å². The van der Waals surface area contributed by atoms with Crippen LogP contribution in [0.25, 0.3) is 0 Å². The standard InChI is InChI=1S/C15H20N4O2/c1-12-14(8-17-21-12)10-18-6-3-13(4-7-18)9-19-11-16-5-2-15(19)20/h2,5,8,11,13H,3-4,6-7,9-10H2,1H3. The van der Waals surface area contributed by atoms with Gasteiger partial charge >= 0.3 is 0 Å². The van der Waals surface area contributed by atoms with Gasteiger partial charge in [0.05, 0.1) is 12.5 Å². The summed E-state index contributed by atoms with van der Waals surface area (Å²) in [5, 5.41) is 3.82. The van der Waals surface area contributed by atoms with Gasteiger partial charge in [0.15, 0.2) is 0 Å². The molecule has 3 rings (SSSR count). The quantitative estimate of drug-likeness (QED) is 0.852. The Morgan fingerprint density at radius 3 is 2.86 bits per heavy atom. The molecular formula is C15H20N4O2. The molecule has 2 aromatic rings. The van der Waals surface area contributed by atoms with Gasteiger partial charge in [0.2, 0.25) is 0 Å². The molecule has 0 amide bonds. The van der Waals surface area contributed by atoms with E-state index in [2.05, 4.69) is 15.0 Å². The fourth-order valence-corrected chi connectivity index (χ4v) is 2.83. The van der Waals surface area contributed by atoms with Gasteiger partial charge in [0.1, 0.15) is 5.76 Å². The van der Waals surface area contributed by atoms with Crippen molar-refractivity contribution >= 4 is 0 Å². The van der Waals surface area contributed by atoms with E-state index >= 15 is 0 Å². The highest BCUT2D eigenvalue weighted by Crippen LogP contribution is 2.20. The van der Waals surface area contributed by atoms with Gasteiger partial charge in [-0.3, -0.25) is 14.3 Å². The molecular weight excluding hydrogens is 268 g/mol. The van der Waals surface area contributed by atoms with E-state index in [1.54, 1.807) is 23.3 Å². The molecule has 1 saturated heterocycles. The van der Waals surface area contributed by atoms with E-state index in [-0.39, 0.29) is 5.56 Å². The molecule has 0 spiro atoms. The number of aromatic nitrogens is 3. The molecule has 0 saturated carbocycles. The number of aryl methyl sites for hydroxylation is 1. The van der Waals surface area contributed by atoms with E-state index in [9.17, 15) is 4.79 Å². The second kappa shape index (κ2) is 6.22. The molecule has 0 N–H and O–H groups in total. The summed E-state index contributed by atoms with van der Waals surface area (Å²) in [4.78, 5) is 18.1. The lowest BCUT2D eigenvalue weighted by Gasteiger charge is -2.31. The molecule has 0 aliphatic carbocycles. The summed E-state index contributed by atoms with van der Waals surface area (Å²) < 4.78 is 6.81. The largest absolute Gasteiger partial charge is 0.361 e. The molecule has 3 heterocycles. The van der Waals surface area contributed by atoms with Crippen LogP contribution in [0.2, 0.25) is 0 Å². The molecule has 0 unspecified atom stereocenters. The highest BCUT2D eigenvalue weighted by molar-refractivity contribution is 5.11. The average Bonchev–Trinajstić information content (AvgIpc) is 2.89. The molecule has 2 aromatic heterocycles. The minimum absolute atomic E-state index is 0.0347. The first kappa shape index (κ1) is 14.0. The van der Waals surface area contributed by atoms with Crippen molar-refractivity contribution in [3.63, 3.8) is 0 Å². The summed E-state index contributed by atoms with van der Waals surface area (Å²) in [5.74, 6) is 1.45. The maximum absolute atomic E-state index is 11.7. The van der Waals surface area contributed by atoms with E-state index in [1.165, 1.54) is 6.07 Å². The summed E-state index contributed by atoms with van der Waals surface area (Å²) in [5.41, 5.74) is 1.20. The second-order valence-electron chi connectivity index (χ2n) is 5.70. The van der Waals surface area contributed by atoms with Gasteiger partial charge in [-0.2, -0.15) is 0 Å². The van der Waals surface area contributed by atoms with Crippen molar-refractivity contribution in [2.45, 2.75) is 32.9 Å². The Morgan fingerprint density at radius 1 is 1.38 bits per heavy atom. The van der Waals surface area contributed by atoms with Crippen LogP contribution in [-0.2, 0) is 13.1 Å². The summed E-state index contributed by atoms with van der Waals surface area (Å²) in [7, 11) is 0. The second-order valence-corrected chi connectivity index (χ2v) is 5.70. The third-order valence-electron chi connectivity index (χ3n) is 4.20. The van der Waals surface area contributed by atoms with Crippen molar-refractivity contribution in [3.05, 3.63) is 46.5 Å². The topological polar surface area (TPSA) is 64.2 Å². The number of piperidine rings is 1. The summed E-state index contributed by atoms with van der Waals surface area (Å²) in [6, 6.07) is 1.52. The van der Waals surface area contributed by atoms with Crippen LogP contribution in [0.1, 0.15) is 24.2 Å². The number of hydrogen-bond acceptors (Lipinski definition) is 5. The lowest BCUT2D eigenvalue weighted by Crippen LogP contribution is -2.35. The lowest BCUT2D eigenvalue weighted by molar-refractivity contribution is 0.165. The third kappa shape index (κ3) is 3.39. The average molecular weight is 288 g/mol. The van der Waals surface area contributed by atoms with E-state index in [4.69, 9.17) is 4.52 Å². The third-order valence-corrected chi connectivity index (χ3v) is 4.20. The maximum Gasteiger partial charge on any atom is 0.253 e. The number of hydrogen-bond donors (Lipinski definition) is 0. The van der Waals surface area contributed by atoms with Gasteiger partial charge in [0, 0.05) is 30.9 Å². The van der Waals surface area contributed by atoms with Crippen molar-refractivity contribution in [1.29, 1.82) is 0 Å². The Bertz CT molecular complexity index is 641. The fraction of sp³-hybridized carbons (Fsp3) is 0.533. The van der Waals surface area contributed by atoms with Gasteiger partial charge in [0.25, 0.3) is 5.56 Å². The van der Waals surface area contributed by atoms with Gasteiger partial charge < -0.3 is 4.52 Å². The van der Waals surface area contributed by atoms with E-state index < -0.39 is 0 Å². The van der Waals surface area contributed by atoms with Crippen LogP contribution in [0.5, 0.6) is 0 Å². The molecule has 1 fully saturated rings. The van der Waals surface area contributed by atoms with Crippen molar-refractivity contribution in [3.8, 4) is 0 Å². The maximum atomic E-state index is 11.7. The molecule has 0 atom stereocenters. The van der Waals surface area contributed by atoms with Gasteiger partial charge in [-0.25, -0.2) is 4.98 Å². The minimum Gasteiger partial charge on any atom is -0.361 e. The van der Waals surface area contributed by atoms with Crippen LogP contribution >= 0.6 is 0 Å². The van der Waals surface area contributed by atoms with Crippen LogP contribution < -0.4 is 5.56 Å². The molecule has 1 aliphatic rings. The lowest BCUT2D eigenvalue weighted by atomic mass is 9.96. The Hall–Kier alpha value is -1.95. The van der Waals surface area contributed by atoms with Crippen molar-refractivity contribution in [1.82, 2.24) is 19.6 Å². The predicted molar refractivity (Wildman–Crippen MR) is 77.7 cm³/mol. The van der Waals surface area contributed by atoms with Gasteiger partial charge in [-0.15, -0.1) is 0 Å². The number of nitrogens with zero attached hydrogens (tertiary/aromatic N) is 4. The first-order valence-corrected chi connectivity index (χ1v) is 7.35. The Kier molecular flexibility index (Phi) is 4.15. The Labute approximate surface area is 123 Å². The van der Waals surface area contributed by atoms with Crippen LogP contribution in [0.3, 0.4) is 0 Å². The zero-order chi connectivity index (χ0) is 14.7. The van der Waals surface area contributed by atoms with Gasteiger partial charge in [-0.05, 0) is 38.8 Å². The number of rotatable bonds is 4. The van der Waals surface area contributed by atoms with Crippen molar-refractivity contribution in [2.75, 3.05) is 13.1 Å². The SMILES string of the molecule is Cc1oncc1CN1CCC(Cn2cnccc2=O)CC1. The smallest absolute Gasteiger partial charge is 0.253 e. The Morgan fingerprint density at radius 2 is 2.19 bits per heavy atom. The molecule has 1 aliphatic heterocycles. The monoisotopic (exact) mass is 288 g/mol. The first-order chi connectivity index (χ1) is 10.2. The van der Waals surface area contributed by atoms with Crippen LogP contribution in [-0.4, -0.2) is 32.7 Å². The van der Waals surface area contributed by atoms with E-state index in [1.807, 2.05) is 6.92 Å². The van der Waals surface area contributed by atoms with E-state index in [0.717, 1.165) is 50.3 Å². The highest BCUT2D eigenvalue weighted by atomic mass is 16.5. The predicted octanol–water partition coefficient (Wildman–Crippen LogP) is 1.45. The Balaban J connectivity index is 1.52. The molecule has 0 bridgehead atoms. The molecule has 21 heavy (non-hydrogen) atoms. The summed E-state index contributed by atoms with van der Waals surface area (Å²) >= 11 is 0. The van der Waals surface area contributed by atoms with Crippen molar-refractivity contribution in [2.24, 2.45) is 5.92 Å². The first-order valence-electron chi connectivity index (χ1n) is 7.35. The molecule has 0 aromatic carbocycles. The summed E-state index contributed by atoms with van der Waals surface area (Å²) in [6.45, 7) is 5.71. The highest BCUT2D eigenvalue weighted by Gasteiger charge is 2.20. The zero-order valence-electron chi connectivity index (χ0n) is 12.2. The fourth-order valence-electron chi connectivity index (χ4n) is 2.83. The van der Waals surface area contributed by atoms with Crippen LogP contribution in [0.15, 0.2) is 34.1 Å². The van der Waals surface area contributed by atoms with Crippen molar-refractivity contribution < 1.29 is 4.52 Å². The minimum atomic E-state index is 0.0347. The van der Waals surface area contributed by atoms with Crippen LogP contribution in [0, 0.1) is 12.8 Å². The van der Waals surface area contributed by atoms with Crippen LogP contribution in [0.4, 0.5) is 0 Å². The normalized spacial score (nSPS) is 17.2. The zero-order valence-corrected chi connectivity index (χ0v) is 12.2. The van der Waals surface area contributed by atoms with Gasteiger partial charge in [-0.1, -0.05) is 5.16 Å². The molecule has 0 radical (unpaired) electrons. The summed E-state index contributed by atoms with van der Waals surface area (Å²) in [6.07, 6.45) is 7.19. The molecule has 6 heteroatoms. The molecule has 112 valence electrons. The number of likely N-dealkylation sites (tertiary alicyclic amines) is 1. The molecule has 6 nitrogen and oxygen atoms in total.